The van der Waals surface area contributed by atoms with Gasteiger partial charge in [-0.05, 0) is 36.2 Å². The van der Waals surface area contributed by atoms with Gasteiger partial charge in [0.15, 0.2) is 0 Å². The monoisotopic (exact) mass is 314 g/mol. The molecule has 1 aliphatic heterocycles. The summed E-state index contributed by atoms with van der Waals surface area (Å²) in [6.07, 6.45) is 0.0200. The Hall–Kier alpha value is -2.89. The molecule has 0 aliphatic carbocycles. The van der Waals surface area contributed by atoms with Crippen LogP contribution in [-0.2, 0) is 11.2 Å². The number of anilines is 2. The molecule has 5 nitrogen and oxygen atoms in total. The molecule has 1 N–H and O–H groups in total. The fourth-order valence-electron chi connectivity index (χ4n) is 2.65. The molecule has 2 aromatic carbocycles. The van der Waals surface area contributed by atoms with Gasteiger partial charge in [-0.1, -0.05) is 18.2 Å². The van der Waals surface area contributed by atoms with Gasteiger partial charge in [-0.3, -0.25) is 10.1 Å². The molecule has 1 aliphatic rings. The lowest BCUT2D eigenvalue weighted by atomic mass is 10.1. The predicted molar refractivity (Wildman–Crippen MR) is 84.3 cm³/mol. The van der Waals surface area contributed by atoms with Crippen LogP contribution in [0.2, 0.25) is 0 Å². The molecule has 1 heterocycles. The van der Waals surface area contributed by atoms with Crippen LogP contribution in [0.15, 0.2) is 42.5 Å². The van der Waals surface area contributed by atoms with Crippen molar-refractivity contribution in [3.8, 4) is 0 Å². The average Bonchev–Trinajstić information content (AvgIpc) is 2.97. The van der Waals surface area contributed by atoms with Crippen molar-refractivity contribution in [2.75, 3.05) is 23.9 Å². The summed E-state index contributed by atoms with van der Waals surface area (Å²) in [5.41, 5.74) is 2.19. The molecule has 2 amide bonds. The number of halogens is 1. The minimum absolute atomic E-state index is 0.290. The van der Waals surface area contributed by atoms with Gasteiger partial charge in [-0.15, -0.1) is 0 Å². The minimum Gasteiger partial charge on any atom is -0.453 e. The van der Waals surface area contributed by atoms with Crippen LogP contribution < -0.4 is 10.2 Å². The number of fused-ring (bicyclic) bond motifs is 1. The average molecular weight is 314 g/mol. The summed E-state index contributed by atoms with van der Waals surface area (Å²) < 4.78 is 18.0. The molecule has 0 radical (unpaired) electrons. The maximum Gasteiger partial charge on any atom is 0.411 e. The zero-order valence-corrected chi connectivity index (χ0v) is 12.5. The number of carbonyl (C=O) groups is 2. The van der Waals surface area contributed by atoms with E-state index in [9.17, 15) is 14.0 Å². The standard InChI is InChI=1S/C17H15FN2O3/c1-23-17(22)19-14-5-3-2-4-13(14)16(21)20-9-8-11-6-7-12(18)10-15(11)20/h2-7,10H,8-9H2,1H3,(H,19,22). The van der Waals surface area contributed by atoms with Gasteiger partial charge in [0.2, 0.25) is 0 Å². The van der Waals surface area contributed by atoms with Gasteiger partial charge in [-0.25, -0.2) is 9.18 Å². The normalized spacial score (nSPS) is 12.7. The molecule has 0 saturated carbocycles. The molecular formula is C17H15FN2O3. The summed E-state index contributed by atoms with van der Waals surface area (Å²) in [4.78, 5) is 25.8. The summed E-state index contributed by atoms with van der Waals surface area (Å²) in [7, 11) is 1.25. The summed E-state index contributed by atoms with van der Waals surface area (Å²) >= 11 is 0. The Bertz CT molecular complexity index is 776. The SMILES string of the molecule is COC(=O)Nc1ccccc1C(=O)N1CCc2ccc(F)cc21. The minimum atomic E-state index is -0.655. The van der Waals surface area contributed by atoms with Gasteiger partial charge in [0.25, 0.3) is 5.91 Å². The number of hydrogen-bond acceptors (Lipinski definition) is 3. The topological polar surface area (TPSA) is 58.6 Å². The van der Waals surface area contributed by atoms with Crippen molar-refractivity contribution >= 4 is 23.4 Å². The van der Waals surface area contributed by atoms with E-state index < -0.39 is 6.09 Å². The van der Waals surface area contributed by atoms with Crippen molar-refractivity contribution in [3.63, 3.8) is 0 Å². The highest BCUT2D eigenvalue weighted by molar-refractivity contribution is 6.11. The van der Waals surface area contributed by atoms with Gasteiger partial charge in [0.1, 0.15) is 5.82 Å². The fourth-order valence-corrected chi connectivity index (χ4v) is 2.65. The van der Waals surface area contributed by atoms with Crippen molar-refractivity contribution in [1.29, 1.82) is 0 Å². The Morgan fingerprint density at radius 2 is 2.00 bits per heavy atom. The molecule has 23 heavy (non-hydrogen) atoms. The second-order valence-electron chi connectivity index (χ2n) is 5.14. The van der Waals surface area contributed by atoms with E-state index in [4.69, 9.17) is 0 Å². The fraction of sp³-hybridized carbons (Fsp3) is 0.176. The van der Waals surface area contributed by atoms with E-state index in [0.29, 0.717) is 29.9 Å². The summed E-state index contributed by atoms with van der Waals surface area (Å²) in [5.74, 6) is -0.675. The summed E-state index contributed by atoms with van der Waals surface area (Å²) in [6.45, 7) is 0.476. The predicted octanol–water partition coefficient (Wildman–Crippen LogP) is 3.21. The number of methoxy groups -OCH3 is 1. The van der Waals surface area contributed by atoms with Crippen LogP contribution in [0.25, 0.3) is 0 Å². The molecular weight excluding hydrogens is 299 g/mol. The van der Waals surface area contributed by atoms with Crippen LogP contribution in [0.5, 0.6) is 0 Å². The first-order valence-corrected chi connectivity index (χ1v) is 7.14. The van der Waals surface area contributed by atoms with E-state index in [0.717, 1.165) is 5.56 Å². The van der Waals surface area contributed by atoms with E-state index in [2.05, 4.69) is 10.1 Å². The Kier molecular flexibility index (Phi) is 3.97. The third-order valence-electron chi connectivity index (χ3n) is 3.77. The molecule has 2 aromatic rings. The van der Waals surface area contributed by atoms with Crippen LogP contribution >= 0.6 is 0 Å². The zero-order valence-electron chi connectivity index (χ0n) is 12.5. The highest BCUT2D eigenvalue weighted by Crippen LogP contribution is 2.31. The van der Waals surface area contributed by atoms with Crippen molar-refractivity contribution < 1.29 is 18.7 Å². The van der Waals surface area contributed by atoms with Gasteiger partial charge in [0.05, 0.1) is 24.0 Å². The smallest absolute Gasteiger partial charge is 0.411 e. The Labute approximate surface area is 132 Å². The molecule has 0 saturated heterocycles. The highest BCUT2D eigenvalue weighted by Gasteiger charge is 2.27. The lowest BCUT2D eigenvalue weighted by Crippen LogP contribution is -2.30. The molecule has 6 heteroatoms. The molecule has 0 fully saturated rings. The lowest BCUT2D eigenvalue weighted by Gasteiger charge is -2.19. The maximum atomic E-state index is 13.5. The largest absolute Gasteiger partial charge is 0.453 e. The summed E-state index contributed by atoms with van der Waals surface area (Å²) in [5, 5.41) is 2.52. The number of nitrogens with one attached hydrogen (secondary N) is 1. The van der Waals surface area contributed by atoms with Crippen LogP contribution in [-0.4, -0.2) is 25.7 Å². The highest BCUT2D eigenvalue weighted by atomic mass is 19.1. The first kappa shape index (κ1) is 15.0. The number of benzene rings is 2. The van der Waals surface area contributed by atoms with E-state index in [1.807, 2.05) is 0 Å². The number of rotatable bonds is 2. The van der Waals surface area contributed by atoms with Gasteiger partial charge in [0, 0.05) is 6.54 Å². The molecule has 0 spiro atoms. The number of amides is 2. The number of nitrogens with zero attached hydrogens (tertiary/aromatic N) is 1. The summed E-state index contributed by atoms with van der Waals surface area (Å²) in [6, 6.07) is 11.1. The molecule has 118 valence electrons. The molecule has 0 unspecified atom stereocenters. The van der Waals surface area contributed by atoms with E-state index in [1.165, 1.54) is 24.1 Å². The second kappa shape index (κ2) is 6.08. The Morgan fingerprint density at radius 3 is 2.78 bits per heavy atom. The quantitative estimate of drug-likeness (QED) is 0.926. The third kappa shape index (κ3) is 2.88. The van der Waals surface area contributed by atoms with Gasteiger partial charge < -0.3 is 9.64 Å². The third-order valence-corrected chi connectivity index (χ3v) is 3.77. The Morgan fingerprint density at radius 1 is 1.22 bits per heavy atom. The van der Waals surface area contributed by atoms with Gasteiger partial charge >= 0.3 is 6.09 Å². The maximum absolute atomic E-state index is 13.5. The number of hydrogen-bond donors (Lipinski definition) is 1. The van der Waals surface area contributed by atoms with Crippen LogP contribution in [0.3, 0.4) is 0 Å². The van der Waals surface area contributed by atoms with Crippen molar-refractivity contribution in [2.45, 2.75) is 6.42 Å². The van der Waals surface area contributed by atoms with Crippen molar-refractivity contribution in [2.24, 2.45) is 0 Å². The van der Waals surface area contributed by atoms with Crippen LogP contribution in [0, 0.1) is 5.82 Å². The Balaban J connectivity index is 1.94. The molecule has 3 rings (SSSR count). The lowest BCUT2D eigenvalue weighted by molar-refractivity contribution is 0.0990. The van der Waals surface area contributed by atoms with Crippen molar-refractivity contribution in [1.82, 2.24) is 0 Å². The molecule has 0 bridgehead atoms. The first-order chi connectivity index (χ1) is 11.1. The second-order valence-corrected chi connectivity index (χ2v) is 5.14. The number of carbonyl (C=O) groups excluding carboxylic acids is 2. The number of para-hydroxylation sites is 1. The first-order valence-electron chi connectivity index (χ1n) is 7.14. The van der Waals surface area contributed by atoms with Crippen LogP contribution in [0.4, 0.5) is 20.6 Å². The van der Waals surface area contributed by atoms with Crippen LogP contribution in [0.1, 0.15) is 15.9 Å². The van der Waals surface area contributed by atoms with E-state index in [-0.39, 0.29) is 11.7 Å². The van der Waals surface area contributed by atoms with E-state index >= 15 is 0 Å². The number of ether oxygens (including phenoxy) is 1. The zero-order chi connectivity index (χ0) is 16.4. The van der Waals surface area contributed by atoms with Gasteiger partial charge in [-0.2, -0.15) is 0 Å². The van der Waals surface area contributed by atoms with E-state index in [1.54, 1.807) is 30.3 Å². The van der Waals surface area contributed by atoms with Crippen molar-refractivity contribution in [3.05, 3.63) is 59.4 Å². The molecule has 0 atom stereocenters. The molecule has 0 aromatic heterocycles.